The van der Waals surface area contributed by atoms with Crippen LogP contribution in [0, 0.1) is 6.92 Å². The zero-order chi connectivity index (χ0) is 19.7. The number of rotatable bonds is 5. The molecule has 0 radical (unpaired) electrons. The number of nitrogens with zero attached hydrogens (tertiary/aromatic N) is 4. The highest BCUT2D eigenvalue weighted by Crippen LogP contribution is 2.28. The van der Waals surface area contributed by atoms with E-state index in [4.69, 9.17) is 4.74 Å². The highest BCUT2D eigenvalue weighted by molar-refractivity contribution is 6.31. The summed E-state index contributed by atoms with van der Waals surface area (Å²) < 4.78 is 6.79. The van der Waals surface area contributed by atoms with Gasteiger partial charge >= 0.3 is 11.8 Å². The number of fused-ring (bicyclic) bond motifs is 1. The van der Waals surface area contributed by atoms with E-state index in [0.29, 0.717) is 19.7 Å². The van der Waals surface area contributed by atoms with Gasteiger partial charge < -0.3 is 9.64 Å². The molecule has 2 aromatic carbocycles. The van der Waals surface area contributed by atoms with Crippen molar-refractivity contribution in [2.24, 2.45) is 5.11 Å². The summed E-state index contributed by atoms with van der Waals surface area (Å²) in [4.78, 5) is 28.7. The van der Waals surface area contributed by atoms with Gasteiger partial charge in [0.25, 0.3) is 6.29 Å². The van der Waals surface area contributed by atoms with Gasteiger partial charge in [0.15, 0.2) is 0 Å². The molecule has 0 N–H and O–H groups in total. The Balaban J connectivity index is 1.61. The first kappa shape index (κ1) is 18.2. The first-order valence-electron chi connectivity index (χ1n) is 9.45. The van der Waals surface area contributed by atoms with Gasteiger partial charge in [-0.2, -0.15) is 0 Å². The van der Waals surface area contributed by atoms with Gasteiger partial charge in [-0.25, -0.2) is 4.79 Å². The molecule has 4 rings (SSSR count). The molecule has 7 nitrogen and oxygen atoms in total. The van der Waals surface area contributed by atoms with Crippen molar-refractivity contribution in [3.05, 3.63) is 59.7 Å². The van der Waals surface area contributed by atoms with Gasteiger partial charge in [0, 0.05) is 29.5 Å². The van der Waals surface area contributed by atoms with Crippen LogP contribution < -0.4 is 9.64 Å². The fourth-order valence-corrected chi connectivity index (χ4v) is 3.50. The molecule has 2 heterocycles. The predicted octanol–water partition coefficient (Wildman–Crippen LogP) is 2.53. The van der Waals surface area contributed by atoms with E-state index in [1.807, 2.05) is 67.3 Å². The van der Waals surface area contributed by atoms with E-state index >= 15 is 0 Å². The standard InChI is InChI=1S/C21H23N4O3/c1-3-28-18-10-8-17(9-11-18)23-12-13-24-19(26)20(27)25(22-21(23)24)14-16-6-4-15(2)5-7-16/h4-11,21H,3,12-14H2,1-2H3/q+1. The van der Waals surface area contributed by atoms with Crippen molar-refractivity contribution in [2.75, 3.05) is 24.6 Å². The third-order valence-corrected chi connectivity index (χ3v) is 4.99. The van der Waals surface area contributed by atoms with Crippen LogP contribution in [0.25, 0.3) is 0 Å². The summed E-state index contributed by atoms with van der Waals surface area (Å²) in [5.41, 5.74) is 3.03. The number of benzene rings is 2. The predicted molar refractivity (Wildman–Crippen MR) is 103 cm³/mol. The topological polar surface area (TPSA) is 65.2 Å². The van der Waals surface area contributed by atoms with Crippen LogP contribution >= 0.6 is 0 Å². The normalized spacial score (nSPS) is 18.9. The van der Waals surface area contributed by atoms with Gasteiger partial charge in [-0.1, -0.05) is 29.8 Å². The van der Waals surface area contributed by atoms with Gasteiger partial charge in [0.1, 0.15) is 5.75 Å². The summed E-state index contributed by atoms with van der Waals surface area (Å²) in [5.74, 6) is -0.277. The van der Waals surface area contributed by atoms with Crippen molar-refractivity contribution >= 4 is 17.5 Å². The lowest BCUT2D eigenvalue weighted by Gasteiger charge is -2.27. The van der Waals surface area contributed by atoms with E-state index in [1.165, 1.54) is 9.60 Å². The molecule has 1 unspecified atom stereocenters. The number of aryl methyl sites for hydroxylation is 1. The Morgan fingerprint density at radius 1 is 1.04 bits per heavy atom. The SMILES string of the molecule is CCOc1ccc(N2CCN3C(=O)C(=O)[N+](Cc4ccc(C)cc4)=NC32)cc1. The fraction of sp³-hybridized carbons (Fsp3) is 0.333. The Morgan fingerprint density at radius 3 is 2.39 bits per heavy atom. The molecule has 7 heteroatoms. The maximum atomic E-state index is 12.6. The second-order valence-corrected chi connectivity index (χ2v) is 6.93. The molecule has 144 valence electrons. The molecule has 0 bridgehead atoms. The van der Waals surface area contributed by atoms with E-state index < -0.39 is 18.1 Å². The number of carbonyl (C=O) groups excluding carboxylic acids is 2. The number of hydrogen-bond acceptors (Lipinski definition) is 5. The summed E-state index contributed by atoms with van der Waals surface area (Å²) in [6.45, 7) is 5.95. The minimum Gasteiger partial charge on any atom is -0.494 e. The second kappa shape index (κ2) is 7.42. The first-order chi connectivity index (χ1) is 13.6. The molecule has 0 spiro atoms. The molecule has 0 aromatic heterocycles. The van der Waals surface area contributed by atoms with E-state index in [1.54, 1.807) is 0 Å². The van der Waals surface area contributed by atoms with Crippen LogP contribution in [0.15, 0.2) is 53.6 Å². The van der Waals surface area contributed by atoms with Gasteiger partial charge in [-0.05, 0) is 42.8 Å². The molecule has 2 aliphatic rings. The lowest BCUT2D eigenvalue weighted by atomic mass is 10.1. The lowest BCUT2D eigenvalue weighted by Crippen LogP contribution is -2.51. The maximum Gasteiger partial charge on any atom is 0.502 e. The van der Waals surface area contributed by atoms with Crippen LogP contribution in [0.2, 0.25) is 0 Å². The van der Waals surface area contributed by atoms with Crippen LogP contribution in [-0.2, 0) is 16.1 Å². The molecule has 1 fully saturated rings. The largest absolute Gasteiger partial charge is 0.502 e. The van der Waals surface area contributed by atoms with Gasteiger partial charge in [0.2, 0.25) is 6.54 Å². The third-order valence-electron chi connectivity index (χ3n) is 4.99. The van der Waals surface area contributed by atoms with E-state index in [9.17, 15) is 9.59 Å². The summed E-state index contributed by atoms with van der Waals surface area (Å²) in [5, 5.41) is 4.59. The van der Waals surface area contributed by atoms with Crippen molar-refractivity contribution in [1.82, 2.24) is 4.90 Å². The molecule has 2 aliphatic heterocycles. The van der Waals surface area contributed by atoms with Gasteiger partial charge in [-0.15, -0.1) is 0 Å². The maximum absolute atomic E-state index is 12.6. The molecule has 1 saturated heterocycles. The summed E-state index contributed by atoms with van der Waals surface area (Å²) >= 11 is 0. The Kier molecular flexibility index (Phi) is 4.81. The average Bonchev–Trinajstić information content (AvgIpc) is 3.12. The van der Waals surface area contributed by atoms with Crippen LogP contribution in [0.4, 0.5) is 5.69 Å². The number of ether oxygens (including phenoxy) is 1. The highest BCUT2D eigenvalue weighted by Gasteiger charge is 2.49. The number of azo groups is 2. The molecule has 0 aliphatic carbocycles. The summed E-state index contributed by atoms with van der Waals surface area (Å²) in [7, 11) is 0. The Morgan fingerprint density at radius 2 is 1.71 bits per heavy atom. The minimum atomic E-state index is -0.578. The zero-order valence-corrected chi connectivity index (χ0v) is 16.0. The fourth-order valence-electron chi connectivity index (χ4n) is 3.50. The lowest BCUT2D eigenvalue weighted by molar-refractivity contribution is -0.534. The molecular weight excluding hydrogens is 356 g/mol. The van der Waals surface area contributed by atoms with Crippen molar-refractivity contribution < 1.29 is 19.0 Å². The average molecular weight is 379 g/mol. The van der Waals surface area contributed by atoms with E-state index in [0.717, 1.165) is 22.6 Å². The molecule has 1 atom stereocenters. The Hall–Kier alpha value is -3.22. The summed E-state index contributed by atoms with van der Waals surface area (Å²) in [6.07, 6.45) is -0.506. The smallest absolute Gasteiger partial charge is 0.494 e. The van der Waals surface area contributed by atoms with Gasteiger partial charge in [-0.3, -0.25) is 9.69 Å². The number of hydrogen-bond donors (Lipinski definition) is 0. The Labute approximate surface area is 163 Å². The first-order valence-corrected chi connectivity index (χ1v) is 9.45. The third kappa shape index (κ3) is 3.35. The highest BCUT2D eigenvalue weighted by atomic mass is 16.5. The van der Waals surface area contributed by atoms with Crippen LogP contribution in [0.1, 0.15) is 18.1 Å². The number of carbonyl (C=O) groups is 2. The quantitative estimate of drug-likeness (QED) is 0.592. The molecular formula is C21H23N4O3+. The van der Waals surface area contributed by atoms with Gasteiger partial charge in [0.05, 0.1) is 6.61 Å². The molecule has 0 saturated carbocycles. The van der Waals surface area contributed by atoms with Crippen LogP contribution in [-0.4, -0.2) is 47.4 Å². The molecule has 2 amide bonds. The number of amides is 2. The van der Waals surface area contributed by atoms with Crippen molar-refractivity contribution in [3.63, 3.8) is 0 Å². The van der Waals surface area contributed by atoms with E-state index in [-0.39, 0.29) is 6.54 Å². The molecule has 2 aromatic rings. The number of anilines is 1. The second-order valence-electron chi connectivity index (χ2n) is 6.93. The molecule has 28 heavy (non-hydrogen) atoms. The van der Waals surface area contributed by atoms with Crippen LogP contribution in [0.3, 0.4) is 0 Å². The van der Waals surface area contributed by atoms with Crippen molar-refractivity contribution in [1.29, 1.82) is 0 Å². The van der Waals surface area contributed by atoms with E-state index in [2.05, 4.69) is 5.11 Å². The van der Waals surface area contributed by atoms with Crippen molar-refractivity contribution in [2.45, 2.75) is 26.7 Å². The monoisotopic (exact) mass is 379 g/mol. The van der Waals surface area contributed by atoms with Crippen LogP contribution in [0.5, 0.6) is 5.75 Å². The minimum absolute atomic E-state index is 0.284. The zero-order valence-electron chi connectivity index (χ0n) is 16.0. The van der Waals surface area contributed by atoms with Crippen molar-refractivity contribution in [3.8, 4) is 5.75 Å². The summed E-state index contributed by atoms with van der Waals surface area (Å²) in [6, 6.07) is 15.6. The Bertz CT molecular complexity index is 922.